The lowest BCUT2D eigenvalue weighted by atomic mass is 10.1. The van der Waals surface area contributed by atoms with Crippen molar-refractivity contribution in [2.45, 2.75) is 25.9 Å². The van der Waals surface area contributed by atoms with Gasteiger partial charge in [0, 0.05) is 12.1 Å². The Morgan fingerprint density at radius 3 is 2.79 bits per heavy atom. The Labute approximate surface area is 114 Å². The number of β-amino-alcohol motifs (C(OH)–C–C–N with tert-alkyl or cyclic N) is 1. The standard InChI is InChI=1S/C15H21NO3/c1-2-19-14-7-5-12(6-8-14)15(18)11-16-9-3-4-13(17)10-16/h5-8,13,17H,2-4,9-11H2,1H3. The van der Waals surface area contributed by atoms with Crippen LogP contribution in [0.1, 0.15) is 30.1 Å². The number of nitrogens with zero attached hydrogens (tertiary/aromatic N) is 1. The molecule has 1 aliphatic rings. The molecule has 1 atom stereocenters. The third-order valence-electron chi connectivity index (χ3n) is 3.34. The Morgan fingerprint density at radius 2 is 2.16 bits per heavy atom. The largest absolute Gasteiger partial charge is 0.494 e. The maximum atomic E-state index is 12.1. The number of piperidine rings is 1. The van der Waals surface area contributed by atoms with E-state index in [1.807, 2.05) is 24.0 Å². The molecule has 1 aromatic rings. The van der Waals surface area contributed by atoms with Crippen LogP contribution in [0.2, 0.25) is 0 Å². The molecule has 0 bridgehead atoms. The Hall–Kier alpha value is -1.39. The van der Waals surface area contributed by atoms with E-state index in [0.717, 1.165) is 25.1 Å². The van der Waals surface area contributed by atoms with Gasteiger partial charge in [-0.1, -0.05) is 0 Å². The van der Waals surface area contributed by atoms with E-state index < -0.39 is 0 Å². The second kappa shape index (κ2) is 6.68. The van der Waals surface area contributed by atoms with E-state index in [2.05, 4.69) is 0 Å². The van der Waals surface area contributed by atoms with Crippen molar-refractivity contribution >= 4 is 5.78 Å². The molecule has 0 aliphatic carbocycles. The van der Waals surface area contributed by atoms with Crippen LogP contribution >= 0.6 is 0 Å². The first-order chi connectivity index (χ1) is 9.19. The number of carbonyl (C=O) groups is 1. The minimum atomic E-state index is -0.290. The van der Waals surface area contributed by atoms with Crippen LogP contribution in [0.3, 0.4) is 0 Å². The molecule has 19 heavy (non-hydrogen) atoms. The molecule has 1 heterocycles. The van der Waals surface area contributed by atoms with Crippen molar-refractivity contribution < 1.29 is 14.6 Å². The number of aliphatic hydroxyl groups is 1. The van der Waals surface area contributed by atoms with E-state index in [0.29, 0.717) is 25.3 Å². The maximum Gasteiger partial charge on any atom is 0.176 e. The second-order valence-corrected chi connectivity index (χ2v) is 4.91. The first kappa shape index (κ1) is 14.0. The summed E-state index contributed by atoms with van der Waals surface area (Å²) in [5.41, 5.74) is 0.698. The highest BCUT2D eigenvalue weighted by Gasteiger charge is 2.20. The van der Waals surface area contributed by atoms with Gasteiger partial charge >= 0.3 is 0 Å². The molecule has 0 radical (unpaired) electrons. The number of carbonyl (C=O) groups excluding carboxylic acids is 1. The summed E-state index contributed by atoms with van der Waals surface area (Å²) >= 11 is 0. The molecule has 0 aromatic heterocycles. The Balaban J connectivity index is 1.91. The molecule has 1 fully saturated rings. The van der Waals surface area contributed by atoms with Crippen LogP contribution in [-0.2, 0) is 0 Å². The molecule has 1 saturated heterocycles. The van der Waals surface area contributed by atoms with Crippen LogP contribution in [0, 0.1) is 0 Å². The molecule has 4 nitrogen and oxygen atoms in total. The third-order valence-corrected chi connectivity index (χ3v) is 3.34. The van der Waals surface area contributed by atoms with E-state index in [-0.39, 0.29) is 11.9 Å². The predicted octanol–water partition coefficient (Wildman–Crippen LogP) is 1.72. The molecule has 104 valence electrons. The molecule has 1 unspecified atom stereocenters. The topological polar surface area (TPSA) is 49.8 Å². The van der Waals surface area contributed by atoms with Crippen LogP contribution in [0.25, 0.3) is 0 Å². The summed E-state index contributed by atoms with van der Waals surface area (Å²) in [5.74, 6) is 0.879. The van der Waals surface area contributed by atoms with Crippen molar-refractivity contribution in [1.29, 1.82) is 0 Å². The summed E-state index contributed by atoms with van der Waals surface area (Å²) in [6.07, 6.45) is 1.51. The fourth-order valence-corrected chi connectivity index (χ4v) is 2.37. The molecule has 0 saturated carbocycles. The fourth-order valence-electron chi connectivity index (χ4n) is 2.37. The zero-order valence-corrected chi connectivity index (χ0v) is 11.3. The average molecular weight is 263 g/mol. The van der Waals surface area contributed by atoms with Crippen molar-refractivity contribution in [2.24, 2.45) is 0 Å². The van der Waals surface area contributed by atoms with Gasteiger partial charge in [0.05, 0.1) is 19.3 Å². The summed E-state index contributed by atoms with van der Waals surface area (Å²) in [6, 6.07) is 7.24. The summed E-state index contributed by atoms with van der Waals surface area (Å²) in [6.45, 7) is 4.42. The van der Waals surface area contributed by atoms with Crippen LogP contribution in [-0.4, -0.2) is 48.1 Å². The summed E-state index contributed by atoms with van der Waals surface area (Å²) < 4.78 is 5.35. The number of hydrogen-bond donors (Lipinski definition) is 1. The lowest BCUT2D eigenvalue weighted by Crippen LogP contribution is -2.41. The molecule has 1 aliphatic heterocycles. The lowest BCUT2D eigenvalue weighted by molar-refractivity contribution is 0.0634. The molecule has 4 heteroatoms. The average Bonchev–Trinajstić information content (AvgIpc) is 2.40. The van der Waals surface area contributed by atoms with Crippen LogP contribution in [0.5, 0.6) is 5.75 Å². The normalized spacial score (nSPS) is 20.2. The summed E-state index contributed by atoms with van der Waals surface area (Å²) in [4.78, 5) is 14.1. The molecular weight excluding hydrogens is 242 g/mol. The minimum Gasteiger partial charge on any atom is -0.494 e. The van der Waals surface area contributed by atoms with Gasteiger partial charge in [-0.05, 0) is 50.6 Å². The van der Waals surface area contributed by atoms with E-state index >= 15 is 0 Å². The van der Waals surface area contributed by atoms with Crippen LogP contribution in [0.15, 0.2) is 24.3 Å². The lowest BCUT2D eigenvalue weighted by Gasteiger charge is -2.29. The maximum absolute atomic E-state index is 12.1. The van der Waals surface area contributed by atoms with Gasteiger partial charge in [0.25, 0.3) is 0 Å². The molecule has 1 N–H and O–H groups in total. The highest BCUT2D eigenvalue weighted by atomic mass is 16.5. The monoisotopic (exact) mass is 263 g/mol. The third kappa shape index (κ3) is 4.04. The second-order valence-electron chi connectivity index (χ2n) is 4.91. The SMILES string of the molecule is CCOc1ccc(C(=O)CN2CCCC(O)C2)cc1. The van der Waals surface area contributed by atoms with Crippen molar-refractivity contribution in [2.75, 3.05) is 26.2 Å². The summed E-state index contributed by atoms with van der Waals surface area (Å²) in [7, 11) is 0. The number of hydrogen-bond acceptors (Lipinski definition) is 4. The first-order valence-corrected chi connectivity index (χ1v) is 6.85. The number of likely N-dealkylation sites (tertiary alicyclic amines) is 1. The molecule has 1 aromatic carbocycles. The number of benzene rings is 1. The van der Waals surface area contributed by atoms with Crippen molar-refractivity contribution in [1.82, 2.24) is 4.90 Å². The Kier molecular flexibility index (Phi) is 4.93. The Bertz CT molecular complexity index is 416. The van der Waals surface area contributed by atoms with Gasteiger partial charge in [-0.2, -0.15) is 0 Å². The highest BCUT2D eigenvalue weighted by molar-refractivity contribution is 5.97. The fraction of sp³-hybridized carbons (Fsp3) is 0.533. The van der Waals surface area contributed by atoms with Gasteiger partial charge < -0.3 is 9.84 Å². The molecular formula is C15H21NO3. The van der Waals surface area contributed by atoms with Crippen LogP contribution in [0.4, 0.5) is 0 Å². The van der Waals surface area contributed by atoms with E-state index in [1.165, 1.54) is 0 Å². The molecule has 0 spiro atoms. The van der Waals surface area contributed by atoms with Gasteiger partial charge in [-0.3, -0.25) is 9.69 Å². The highest BCUT2D eigenvalue weighted by Crippen LogP contribution is 2.14. The summed E-state index contributed by atoms with van der Waals surface area (Å²) in [5, 5.41) is 9.59. The van der Waals surface area contributed by atoms with E-state index in [1.54, 1.807) is 12.1 Å². The van der Waals surface area contributed by atoms with Gasteiger partial charge in [-0.15, -0.1) is 0 Å². The number of rotatable bonds is 5. The van der Waals surface area contributed by atoms with Gasteiger partial charge in [-0.25, -0.2) is 0 Å². The van der Waals surface area contributed by atoms with E-state index in [9.17, 15) is 9.90 Å². The van der Waals surface area contributed by atoms with Gasteiger partial charge in [0.2, 0.25) is 0 Å². The number of Topliss-reactive ketones (excluding diaryl/α,β-unsaturated/α-hetero) is 1. The first-order valence-electron chi connectivity index (χ1n) is 6.85. The quantitative estimate of drug-likeness (QED) is 0.822. The molecule has 2 rings (SSSR count). The van der Waals surface area contributed by atoms with E-state index in [4.69, 9.17) is 4.74 Å². The minimum absolute atomic E-state index is 0.0946. The van der Waals surface area contributed by atoms with Crippen molar-refractivity contribution in [3.8, 4) is 5.75 Å². The number of aliphatic hydroxyl groups excluding tert-OH is 1. The number of ketones is 1. The van der Waals surface area contributed by atoms with Crippen molar-refractivity contribution in [3.05, 3.63) is 29.8 Å². The Morgan fingerprint density at radius 1 is 1.42 bits per heavy atom. The zero-order chi connectivity index (χ0) is 13.7. The predicted molar refractivity (Wildman–Crippen MR) is 73.6 cm³/mol. The molecule has 0 amide bonds. The zero-order valence-electron chi connectivity index (χ0n) is 11.3. The number of ether oxygens (including phenoxy) is 1. The van der Waals surface area contributed by atoms with Crippen LogP contribution < -0.4 is 4.74 Å². The van der Waals surface area contributed by atoms with Gasteiger partial charge in [0.15, 0.2) is 5.78 Å². The van der Waals surface area contributed by atoms with Gasteiger partial charge in [0.1, 0.15) is 5.75 Å². The van der Waals surface area contributed by atoms with Crippen molar-refractivity contribution in [3.63, 3.8) is 0 Å². The smallest absolute Gasteiger partial charge is 0.176 e.